The van der Waals surface area contributed by atoms with Gasteiger partial charge in [-0.15, -0.1) is 0 Å². The van der Waals surface area contributed by atoms with Crippen molar-refractivity contribution in [2.75, 3.05) is 20.8 Å². The van der Waals surface area contributed by atoms with Crippen LogP contribution in [0.25, 0.3) is 10.2 Å². The predicted molar refractivity (Wildman–Crippen MR) is 111 cm³/mol. The highest BCUT2D eigenvalue weighted by Gasteiger charge is 2.12. The van der Waals surface area contributed by atoms with Gasteiger partial charge in [0.2, 0.25) is 0 Å². The fourth-order valence-corrected chi connectivity index (χ4v) is 4.04. The molecular formula is C21H24N2O4S. The number of aryl methyl sites for hydroxylation is 1. The van der Waals surface area contributed by atoms with Crippen LogP contribution >= 0.6 is 11.3 Å². The minimum atomic E-state index is -0.317. The molecule has 2 aromatic carbocycles. The molecule has 0 unspecified atom stereocenters. The minimum absolute atomic E-state index is 0.317. The Morgan fingerprint density at radius 2 is 1.86 bits per heavy atom. The third-order valence-electron chi connectivity index (χ3n) is 4.24. The van der Waals surface area contributed by atoms with Gasteiger partial charge >= 0.3 is 0 Å². The zero-order chi connectivity index (χ0) is 20.1. The zero-order valence-electron chi connectivity index (χ0n) is 16.5. The van der Waals surface area contributed by atoms with E-state index in [1.54, 1.807) is 32.4 Å². The number of ether oxygens (including phenoxy) is 3. The molecule has 0 aliphatic rings. The first kappa shape index (κ1) is 19.9. The van der Waals surface area contributed by atoms with Gasteiger partial charge in [0.1, 0.15) is 5.75 Å². The van der Waals surface area contributed by atoms with E-state index in [1.807, 2.05) is 25.1 Å². The topological polar surface area (TPSA) is 62.1 Å². The van der Waals surface area contributed by atoms with Crippen LogP contribution in [0, 0.1) is 0 Å². The number of fused-ring (bicyclic) bond motifs is 1. The molecule has 0 spiro atoms. The van der Waals surface area contributed by atoms with Crippen molar-refractivity contribution in [3.8, 4) is 17.2 Å². The summed E-state index contributed by atoms with van der Waals surface area (Å²) in [4.78, 5) is 17.9. The summed E-state index contributed by atoms with van der Waals surface area (Å²) in [7, 11) is 3.10. The second kappa shape index (κ2) is 8.93. The number of benzene rings is 2. The van der Waals surface area contributed by atoms with Crippen LogP contribution < -0.4 is 19.0 Å². The number of carbonyl (C=O) groups excluding carboxylic acids is 1. The average molecular weight is 401 g/mol. The number of rotatable bonds is 7. The Morgan fingerprint density at radius 1 is 1.07 bits per heavy atom. The van der Waals surface area contributed by atoms with E-state index in [4.69, 9.17) is 14.2 Å². The summed E-state index contributed by atoms with van der Waals surface area (Å²) >= 11 is 1.48. The van der Waals surface area contributed by atoms with Gasteiger partial charge < -0.3 is 18.8 Å². The molecule has 0 radical (unpaired) electrons. The van der Waals surface area contributed by atoms with Crippen molar-refractivity contribution in [2.45, 2.75) is 26.8 Å². The van der Waals surface area contributed by atoms with Gasteiger partial charge in [-0.25, -0.2) is 0 Å². The Bertz CT molecular complexity index is 1050. The zero-order valence-corrected chi connectivity index (χ0v) is 17.3. The maximum Gasteiger partial charge on any atom is 0.279 e. The maximum absolute atomic E-state index is 12.8. The average Bonchev–Trinajstić information content (AvgIpc) is 3.04. The van der Waals surface area contributed by atoms with Crippen molar-refractivity contribution < 1.29 is 19.0 Å². The summed E-state index contributed by atoms with van der Waals surface area (Å²) in [5.74, 6) is 1.58. The lowest BCUT2D eigenvalue weighted by atomic mass is 10.2. The number of nitrogens with zero attached hydrogens (tertiary/aromatic N) is 2. The smallest absolute Gasteiger partial charge is 0.279 e. The Hall–Kier alpha value is -2.80. The predicted octanol–water partition coefficient (Wildman–Crippen LogP) is 4.27. The van der Waals surface area contributed by atoms with Gasteiger partial charge in [-0.1, -0.05) is 18.3 Å². The monoisotopic (exact) mass is 400 g/mol. The molecule has 0 aliphatic carbocycles. The second-order valence-electron chi connectivity index (χ2n) is 6.09. The van der Waals surface area contributed by atoms with Crippen LogP contribution in [-0.2, 0) is 6.54 Å². The molecule has 0 fully saturated rings. The molecule has 1 heterocycles. The number of aromatic nitrogens is 1. The molecule has 6 nitrogen and oxygen atoms in total. The van der Waals surface area contributed by atoms with E-state index in [1.165, 1.54) is 11.3 Å². The molecule has 3 aromatic rings. The number of amides is 1. The lowest BCUT2D eigenvalue weighted by molar-refractivity contribution is 0.0997. The third-order valence-corrected chi connectivity index (χ3v) is 5.28. The van der Waals surface area contributed by atoms with Crippen molar-refractivity contribution in [3.05, 3.63) is 46.8 Å². The summed E-state index contributed by atoms with van der Waals surface area (Å²) in [5.41, 5.74) is 1.50. The van der Waals surface area contributed by atoms with Crippen LogP contribution in [0.4, 0.5) is 0 Å². The Balaban J connectivity index is 2.06. The molecule has 3 rings (SSSR count). The molecule has 1 aromatic heterocycles. The van der Waals surface area contributed by atoms with E-state index in [0.29, 0.717) is 28.5 Å². The molecule has 7 heteroatoms. The molecule has 0 atom stereocenters. The summed E-state index contributed by atoms with van der Waals surface area (Å²) in [5, 5.41) is 0. The first-order valence-electron chi connectivity index (χ1n) is 9.18. The van der Waals surface area contributed by atoms with Crippen molar-refractivity contribution in [1.29, 1.82) is 0 Å². The molecule has 148 valence electrons. The van der Waals surface area contributed by atoms with Crippen LogP contribution in [0.1, 0.15) is 30.6 Å². The number of carbonyl (C=O) groups is 1. The van der Waals surface area contributed by atoms with Crippen LogP contribution in [0.15, 0.2) is 41.4 Å². The van der Waals surface area contributed by atoms with Crippen molar-refractivity contribution in [3.63, 3.8) is 0 Å². The quantitative estimate of drug-likeness (QED) is 0.594. The summed E-state index contributed by atoms with van der Waals surface area (Å²) in [6.45, 7) is 5.45. The Labute approximate surface area is 168 Å². The fourth-order valence-electron chi connectivity index (χ4n) is 2.96. The molecule has 1 amide bonds. The van der Waals surface area contributed by atoms with Crippen LogP contribution in [0.2, 0.25) is 0 Å². The fraction of sp³-hybridized carbons (Fsp3) is 0.333. The lowest BCUT2D eigenvalue weighted by Crippen LogP contribution is -2.16. The highest BCUT2D eigenvalue weighted by Crippen LogP contribution is 2.28. The van der Waals surface area contributed by atoms with Gasteiger partial charge in [0.25, 0.3) is 5.91 Å². The van der Waals surface area contributed by atoms with Crippen molar-refractivity contribution in [1.82, 2.24) is 4.57 Å². The van der Waals surface area contributed by atoms with E-state index in [-0.39, 0.29) is 5.91 Å². The molecule has 0 aliphatic heterocycles. The summed E-state index contributed by atoms with van der Waals surface area (Å²) in [6, 6.07) is 11.0. The van der Waals surface area contributed by atoms with E-state index in [0.717, 1.165) is 28.9 Å². The van der Waals surface area contributed by atoms with Gasteiger partial charge in [0.05, 0.1) is 31.0 Å². The standard InChI is InChI=1S/C21H24N2O4S/c1-5-11-23-16-9-8-15(27-6-2)13-19(16)28-21(23)22-20(24)14-7-10-17(25-3)18(12-14)26-4/h7-10,12-13H,5-6,11H2,1-4H3. The van der Waals surface area contributed by atoms with Gasteiger partial charge in [-0.3, -0.25) is 4.79 Å². The largest absolute Gasteiger partial charge is 0.494 e. The van der Waals surface area contributed by atoms with Crippen LogP contribution in [0.3, 0.4) is 0 Å². The minimum Gasteiger partial charge on any atom is -0.494 e. The number of methoxy groups -OCH3 is 2. The maximum atomic E-state index is 12.8. The van der Waals surface area contributed by atoms with E-state index >= 15 is 0 Å². The van der Waals surface area contributed by atoms with E-state index < -0.39 is 0 Å². The molecule has 28 heavy (non-hydrogen) atoms. The van der Waals surface area contributed by atoms with Gasteiger partial charge in [0.15, 0.2) is 16.3 Å². The molecule has 0 saturated heterocycles. The van der Waals surface area contributed by atoms with Crippen molar-refractivity contribution >= 4 is 27.5 Å². The number of hydrogen-bond donors (Lipinski definition) is 0. The lowest BCUT2D eigenvalue weighted by Gasteiger charge is -2.08. The first-order chi connectivity index (χ1) is 13.6. The van der Waals surface area contributed by atoms with E-state index in [2.05, 4.69) is 16.5 Å². The Kier molecular flexibility index (Phi) is 6.36. The number of hydrogen-bond acceptors (Lipinski definition) is 5. The SMILES string of the molecule is CCCn1c(=NC(=O)c2ccc(OC)c(OC)c2)sc2cc(OCC)ccc21. The molecule has 0 bridgehead atoms. The molecular weight excluding hydrogens is 376 g/mol. The van der Waals surface area contributed by atoms with E-state index in [9.17, 15) is 4.79 Å². The molecule has 0 saturated carbocycles. The number of thiazole rings is 1. The van der Waals surface area contributed by atoms with Crippen molar-refractivity contribution in [2.24, 2.45) is 4.99 Å². The highest BCUT2D eigenvalue weighted by atomic mass is 32.1. The Morgan fingerprint density at radius 3 is 2.54 bits per heavy atom. The third kappa shape index (κ3) is 4.04. The first-order valence-corrected chi connectivity index (χ1v) is 10.00. The van der Waals surface area contributed by atoms with Crippen LogP contribution in [0.5, 0.6) is 17.2 Å². The summed E-state index contributed by atoms with van der Waals surface area (Å²) in [6.07, 6.45) is 0.941. The van der Waals surface area contributed by atoms with Crippen LogP contribution in [-0.4, -0.2) is 31.3 Å². The summed E-state index contributed by atoms with van der Waals surface area (Å²) < 4.78 is 19.2. The highest BCUT2D eigenvalue weighted by molar-refractivity contribution is 7.16. The molecule has 0 N–H and O–H groups in total. The van der Waals surface area contributed by atoms with Gasteiger partial charge in [-0.05, 0) is 49.7 Å². The normalized spacial score (nSPS) is 11.6. The second-order valence-corrected chi connectivity index (χ2v) is 7.09. The van der Waals surface area contributed by atoms with Gasteiger partial charge in [-0.2, -0.15) is 4.99 Å². The van der Waals surface area contributed by atoms with Gasteiger partial charge in [0, 0.05) is 12.1 Å².